The fraction of sp³-hybridized carbons (Fsp3) is 0.571. The summed E-state index contributed by atoms with van der Waals surface area (Å²) in [5.41, 5.74) is 0.624. The van der Waals surface area contributed by atoms with Gasteiger partial charge in [-0.1, -0.05) is 36.9 Å². The van der Waals surface area contributed by atoms with Crippen LogP contribution in [0.1, 0.15) is 57.3 Å². The van der Waals surface area contributed by atoms with Crippen molar-refractivity contribution in [1.29, 1.82) is 0 Å². The van der Waals surface area contributed by atoms with Gasteiger partial charge in [-0.15, -0.1) is 0 Å². The van der Waals surface area contributed by atoms with Crippen molar-refractivity contribution in [1.82, 2.24) is 25.3 Å². The maximum absolute atomic E-state index is 12.7. The molecule has 2 aromatic rings. The SMILES string of the molecule is O=C(NCc1nc(-c2ccccn2)no1)C1CCC(=O)N(C2CCCCCC2)C1. The molecule has 1 aliphatic heterocycles. The highest BCUT2D eigenvalue weighted by Crippen LogP contribution is 2.27. The lowest BCUT2D eigenvalue weighted by molar-refractivity contribution is -0.141. The van der Waals surface area contributed by atoms with E-state index >= 15 is 0 Å². The largest absolute Gasteiger partial charge is 0.347 e. The lowest BCUT2D eigenvalue weighted by Gasteiger charge is -2.37. The molecule has 2 aromatic heterocycles. The highest BCUT2D eigenvalue weighted by Gasteiger charge is 2.34. The monoisotopic (exact) mass is 397 g/mol. The van der Waals surface area contributed by atoms with Crippen molar-refractivity contribution in [2.45, 2.75) is 64.0 Å². The lowest BCUT2D eigenvalue weighted by Crippen LogP contribution is -2.49. The normalized spacial score (nSPS) is 21.0. The fourth-order valence-corrected chi connectivity index (χ4v) is 4.24. The highest BCUT2D eigenvalue weighted by molar-refractivity contribution is 5.84. The van der Waals surface area contributed by atoms with Crippen molar-refractivity contribution in [2.75, 3.05) is 6.54 Å². The molecule has 1 saturated heterocycles. The van der Waals surface area contributed by atoms with E-state index in [-0.39, 0.29) is 30.3 Å². The van der Waals surface area contributed by atoms with Crippen molar-refractivity contribution in [2.24, 2.45) is 5.92 Å². The summed E-state index contributed by atoms with van der Waals surface area (Å²) in [5, 5.41) is 6.81. The van der Waals surface area contributed by atoms with Crippen molar-refractivity contribution in [3.63, 3.8) is 0 Å². The van der Waals surface area contributed by atoms with Crippen LogP contribution in [0.5, 0.6) is 0 Å². The third kappa shape index (κ3) is 4.81. The van der Waals surface area contributed by atoms with Gasteiger partial charge in [0.25, 0.3) is 0 Å². The third-order valence-corrected chi connectivity index (χ3v) is 5.86. The van der Waals surface area contributed by atoms with Crippen molar-refractivity contribution >= 4 is 11.8 Å². The van der Waals surface area contributed by atoms with E-state index in [0.29, 0.717) is 36.8 Å². The predicted molar refractivity (Wildman–Crippen MR) is 105 cm³/mol. The molecular weight excluding hydrogens is 370 g/mol. The molecule has 1 atom stereocenters. The molecule has 2 fully saturated rings. The molecule has 8 nitrogen and oxygen atoms in total. The smallest absolute Gasteiger partial charge is 0.246 e. The molecule has 0 aromatic carbocycles. The molecule has 0 spiro atoms. The topological polar surface area (TPSA) is 101 Å². The van der Waals surface area contributed by atoms with Gasteiger partial charge in [0.1, 0.15) is 5.69 Å². The van der Waals surface area contributed by atoms with Crippen molar-refractivity contribution < 1.29 is 14.1 Å². The lowest BCUT2D eigenvalue weighted by atomic mass is 9.93. The first-order chi connectivity index (χ1) is 14.2. The van der Waals surface area contributed by atoms with E-state index in [1.165, 1.54) is 25.7 Å². The number of amides is 2. The standard InChI is InChI=1S/C21H27N5O3/c27-19-11-10-15(14-26(19)16-7-3-1-2-4-8-16)21(28)23-13-18-24-20(25-29-18)17-9-5-6-12-22-17/h5-6,9,12,15-16H,1-4,7-8,10-11,13-14H2,(H,23,28). The Hall–Kier alpha value is -2.77. The van der Waals surface area contributed by atoms with E-state index in [0.717, 1.165) is 12.8 Å². The number of nitrogens with one attached hydrogen (secondary N) is 1. The number of pyridine rings is 1. The Morgan fingerprint density at radius 1 is 1.17 bits per heavy atom. The molecule has 2 aliphatic rings. The van der Waals surface area contributed by atoms with E-state index in [1.54, 1.807) is 12.3 Å². The molecule has 4 rings (SSSR count). The van der Waals surface area contributed by atoms with E-state index in [2.05, 4.69) is 20.4 Å². The highest BCUT2D eigenvalue weighted by atomic mass is 16.5. The molecule has 2 amide bonds. The molecule has 1 unspecified atom stereocenters. The van der Waals surface area contributed by atoms with Gasteiger partial charge in [0.05, 0.1) is 12.5 Å². The van der Waals surface area contributed by atoms with Crippen LogP contribution < -0.4 is 5.32 Å². The molecule has 0 radical (unpaired) electrons. The number of piperidine rings is 1. The summed E-state index contributed by atoms with van der Waals surface area (Å²) >= 11 is 0. The number of nitrogens with zero attached hydrogens (tertiary/aromatic N) is 4. The summed E-state index contributed by atoms with van der Waals surface area (Å²) in [4.78, 5) is 35.6. The summed E-state index contributed by atoms with van der Waals surface area (Å²) in [5.74, 6) is 0.685. The van der Waals surface area contributed by atoms with Crippen LogP contribution in [0, 0.1) is 5.92 Å². The van der Waals surface area contributed by atoms with Crippen LogP contribution in [-0.2, 0) is 16.1 Å². The first-order valence-corrected chi connectivity index (χ1v) is 10.5. The van der Waals surface area contributed by atoms with Gasteiger partial charge in [-0.25, -0.2) is 0 Å². The van der Waals surface area contributed by atoms with Crippen LogP contribution in [0.3, 0.4) is 0 Å². The van der Waals surface area contributed by atoms with Gasteiger partial charge < -0.3 is 14.7 Å². The van der Waals surface area contributed by atoms with Crippen molar-refractivity contribution in [3.8, 4) is 11.5 Å². The number of carbonyl (C=O) groups is 2. The molecule has 0 bridgehead atoms. The minimum atomic E-state index is -0.186. The van der Waals surface area contributed by atoms with Gasteiger partial charge in [0.15, 0.2) is 0 Å². The number of rotatable bonds is 5. The van der Waals surface area contributed by atoms with E-state index in [9.17, 15) is 9.59 Å². The van der Waals surface area contributed by atoms with Gasteiger partial charge in [0, 0.05) is 25.2 Å². The van der Waals surface area contributed by atoms with Crippen molar-refractivity contribution in [3.05, 3.63) is 30.3 Å². The van der Waals surface area contributed by atoms with Gasteiger partial charge in [0.2, 0.25) is 23.5 Å². The van der Waals surface area contributed by atoms with Crippen LogP contribution in [0.4, 0.5) is 0 Å². The second-order valence-corrected chi connectivity index (χ2v) is 7.87. The van der Waals surface area contributed by atoms with Gasteiger partial charge in [-0.2, -0.15) is 4.98 Å². The minimum absolute atomic E-state index is 0.0614. The molecule has 8 heteroatoms. The summed E-state index contributed by atoms with van der Waals surface area (Å²) < 4.78 is 5.22. The Balaban J connectivity index is 1.32. The van der Waals surface area contributed by atoms with Crippen LogP contribution in [0.15, 0.2) is 28.9 Å². The van der Waals surface area contributed by atoms with Crippen LogP contribution in [0.25, 0.3) is 11.5 Å². The average Bonchev–Trinajstić information content (AvgIpc) is 3.07. The Labute approximate surface area is 170 Å². The molecule has 29 heavy (non-hydrogen) atoms. The van der Waals surface area contributed by atoms with E-state index < -0.39 is 0 Å². The zero-order chi connectivity index (χ0) is 20.1. The first kappa shape index (κ1) is 19.5. The quantitative estimate of drug-likeness (QED) is 0.779. The molecular formula is C21H27N5O3. The Morgan fingerprint density at radius 3 is 2.76 bits per heavy atom. The predicted octanol–water partition coefficient (Wildman–Crippen LogP) is 2.71. The number of likely N-dealkylation sites (tertiary alicyclic amines) is 1. The number of aromatic nitrogens is 3. The fourth-order valence-electron chi connectivity index (χ4n) is 4.24. The molecule has 1 aliphatic carbocycles. The van der Waals surface area contributed by atoms with Crippen LogP contribution >= 0.6 is 0 Å². The summed E-state index contributed by atoms with van der Waals surface area (Å²) in [6.45, 7) is 0.685. The summed E-state index contributed by atoms with van der Waals surface area (Å²) in [6.07, 6.45) is 9.63. The number of hydrogen-bond acceptors (Lipinski definition) is 6. The maximum atomic E-state index is 12.7. The third-order valence-electron chi connectivity index (χ3n) is 5.86. The molecule has 1 saturated carbocycles. The maximum Gasteiger partial charge on any atom is 0.246 e. The van der Waals surface area contributed by atoms with Crippen LogP contribution in [0.2, 0.25) is 0 Å². The Morgan fingerprint density at radius 2 is 2.00 bits per heavy atom. The van der Waals surface area contributed by atoms with Gasteiger partial charge >= 0.3 is 0 Å². The summed E-state index contributed by atoms with van der Waals surface area (Å²) in [7, 11) is 0. The molecule has 154 valence electrons. The Kier molecular flexibility index (Phi) is 6.17. The summed E-state index contributed by atoms with van der Waals surface area (Å²) in [6, 6.07) is 5.76. The first-order valence-electron chi connectivity index (χ1n) is 10.5. The second kappa shape index (κ2) is 9.15. The van der Waals surface area contributed by atoms with Gasteiger partial charge in [-0.05, 0) is 31.4 Å². The average molecular weight is 397 g/mol. The minimum Gasteiger partial charge on any atom is -0.347 e. The molecule has 1 N–H and O–H groups in total. The van der Waals surface area contributed by atoms with E-state index in [4.69, 9.17) is 4.52 Å². The zero-order valence-electron chi connectivity index (χ0n) is 16.5. The zero-order valence-corrected chi connectivity index (χ0v) is 16.5. The molecule has 3 heterocycles. The second-order valence-electron chi connectivity index (χ2n) is 7.87. The van der Waals surface area contributed by atoms with Gasteiger partial charge in [-0.3, -0.25) is 14.6 Å². The van der Waals surface area contributed by atoms with Crippen LogP contribution in [-0.4, -0.2) is 44.4 Å². The number of carbonyl (C=O) groups excluding carboxylic acids is 2. The number of hydrogen-bond donors (Lipinski definition) is 1. The van der Waals surface area contributed by atoms with E-state index in [1.807, 2.05) is 17.0 Å². The Bertz CT molecular complexity index is 830.